The van der Waals surface area contributed by atoms with Crippen LogP contribution in [0.4, 0.5) is 14.5 Å². The molecule has 2 rings (SSSR count). The van der Waals surface area contributed by atoms with Gasteiger partial charge in [0, 0.05) is 32.3 Å². The van der Waals surface area contributed by atoms with Crippen molar-refractivity contribution in [1.29, 1.82) is 0 Å². The van der Waals surface area contributed by atoms with Gasteiger partial charge in [0.05, 0.1) is 6.10 Å². The zero-order valence-electron chi connectivity index (χ0n) is 11.5. The molecule has 0 aliphatic rings. The van der Waals surface area contributed by atoms with Crippen LogP contribution < -0.4 is 4.90 Å². The second-order valence-electron chi connectivity index (χ2n) is 4.98. The molecule has 0 aromatic heterocycles. The Kier molecular flexibility index (Phi) is 4.35. The molecule has 20 heavy (non-hydrogen) atoms. The highest BCUT2D eigenvalue weighted by Crippen LogP contribution is 2.22. The first-order valence-electron chi connectivity index (χ1n) is 6.36. The van der Waals surface area contributed by atoms with Crippen LogP contribution in [0.1, 0.15) is 17.2 Å². The highest BCUT2D eigenvalue weighted by molar-refractivity contribution is 5.46. The fraction of sp³-hybridized carbons (Fsp3) is 0.250. The molecule has 2 aromatic rings. The van der Waals surface area contributed by atoms with Crippen LogP contribution in [0.5, 0.6) is 0 Å². The molecule has 1 N–H and O–H groups in total. The Labute approximate surface area is 117 Å². The molecule has 4 heteroatoms. The maximum Gasteiger partial charge on any atom is 0.126 e. The van der Waals surface area contributed by atoms with Crippen molar-refractivity contribution in [2.45, 2.75) is 12.5 Å². The third-order valence-electron chi connectivity index (χ3n) is 3.15. The minimum Gasteiger partial charge on any atom is -0.388 e. The SMILES string of the molecule is CN(C)c1ccc(C(O)Cc2cc(F)cc(F)c2)cc1. The van der Waals surface area contributed by atoms with Gasteiger partial charge in [0.15, 0.2) is 0 Å². The largest absolute Gasteiger partial charge is 0.388 e. The van der Waals surface area contributed by atoms with E-state index in [1.807, 2.05) is 43.3 Å². The van der Waals surface area contributed by atoms with E-state index in [4.69, 9.17) is 0 Å². The van der Waals surface area contributed by atoms with E-state index in [1.165, 1.54) is 12.1 Å². The highest BCUT2D eigenvalue weighted by atomic mass is 19.1. The van der Waals surface area contributed by atoms with Crippen molar-refractivity contribution in [3.05, 3.63) is 65.2 Å². The number of halogens is 2. The molecule has 0 amide bonds. The molecular weight excluding hydrogens is 260 g/mol. The van der Waals surface area contributed by atoms with Gasteiger partial charge in [0.2, 0.25) is 0 Å². The first kappa shape index (κ1) is 14.5. The van der Waals surface area contributed by atoms with Gasteiger partial charge in [-0.1, -0.05) is 12.1 Å². The van der Waals surface area contributed by atoms with Gasteiger partial charge in [-0.15, -0.1) is 0 Å². The predicted octanol–water partition coefficient (Wildman–Crippen LogP) is 3.31. The van der Waals surface area contributed by atoms with Crippen LogP contribution in [0.15, 0.2) is 42.5 Å². The van der Waals surface area contributed by atoms with E-state index < -0.39 is 17.7 Å². The Bertz CT molecular complexity index is 561. The van der Waals surface area contributed by atoms with Gasteiger partial charge < -0.3 is 10.0 Å². The molecule has 0 fully saturated rings. The van der Waals surface area contributed by atoms with Crippen LogP contribution in [-0.4, -0.2) is 19.2 Å². The number of aliphatic hydroxyl groups excluding tert-OH is 1. The number of aliphatic hydroxyl groups is 1. The monoisotopic (exact) mass is 277 g/mol. The summed E-state index contributed by atoms with van der Waals surface area (Å²) in [5.74, 6) is -1.26. The Morgan fingerprint density at radius 1 is 1.00 bits per heavy atom. The van der Waals surface area contributed by atoms with Gasteiger partial charge in [-0.3, -0.25) is 0 Å². The molecule has 0 saturated heterocycles. The predicted molar refractivity (Wildman–Crippen MR) is 75.8 cm³/mol. The molecule has 1 unspecified atom stereocenters. The van der Waals surface area contributed by atoms with Crippen molar-refractivity contribution in [3.63, 3.8) is 0 Å². The summed E-state index contributed by atoms with van der Waals surface area (Å²) in [6.07, 6.45) is -0.608. The summed E-state index contributed by atoms with van der Waals surface area (Å²) in [5.41, 5.74) is 2.18. The average Bonchev–Trinajstić information content (AvgIpc) is 2.37. The molecule has 2 aromatic carbocycles. The lowest BCUT2D eigenvalue weighted by Gasteiger charge is -2.15. The maximum atomic E-state index is 13.1. The van der Waals surface area contributed by atoms with Crippen LogP contribution >= 0.6 is 0 Å². The second kappa shape index (κ2) is 6.01. The summed E-state index contributed by atoms with van der Waals surface area (Å²) in [6.45, 7) is 0. The highest BCUT2D eigenvalue weighted by Gasteiger charge is 2.10. The quantitative estimate of drug-likeness (QED) is 0.927. The van der Waals surface area contributed by atoms with Gasteiger partial charge in [-0.05, 0) is 35.4 Å². The third-order valence-corrected chi connectivity index (χ3v) is 3.15. The molecular formula is C16H17F2NO. The van der Waals surface area contributed by atoms with Crippen molar-refractivity contribution in [1.82, 2.24) is 0 Å². The molecule has 106 valence electrons. The second-order valence-corrected chi connectivity index (χ2v) is 4.98. The van der Waals surface area contributed by atoms with E-state index in [9.17, 15) is 13.9 Å². The average molecular weight is 277 g/mol. The normalized spacial score (nSPS) is 12.2. The fourth-order valence-corrected chi connectivity index (χ4v) is 2.06. The summed E-state index contributed by atoms with van der Waals surface area (Å²) >= 11 is 0. The smallest absolute Gasteiger partial charge is 0.126 e. The van der Waals surface area contributed by atoms with Crippen LogP contribution in [-0.2, 0) is 6.42 Å². The van der Waals surface area contributed by atoms with Crippen molar-refractivity contribution >= 4 is 5.69 Å². The zero-order valence-corrected chi connectivity index (χ0v) is 11.5. The molecule has 0 spiro atoms. The standard InChI is InChI=1S/C16H17F2NO/c1-19(2)15-5-3-12(4-6-15)16(20)9-11-7-13(17)10-14(18)8-11/h3-8,10,16,20H,9H2,1-2H3. The summed E-state index contributed by atoms with van der Waals surface area (Å²) in [4.78, 5) is 1.96. The lowest BCUT2D eigenvalue weighted by molar-refractivity contribution is 0.178. The number of benzene rings is 2. The summed E-state index contributed by atoms with van der Waals surface area (Å²) in [7, 11) is 3.86. The first-order chi connectivity index (χ1) is 9.45. The Morgan fingerprint density at radius 2 is 1.55 bits per heavy atom. The molecule has 0 aliphatic heterocycles. The van der Waals surface area contributed by atoms with E-state index >= 15 is 0 Å². The Hall–Kier alpha value is -1.94. The van der Waals surface area contributed by atoms with Crippen molar-refractivity contribution in [3.8, 4) is 0 Å². The van der Waals surface area contributed by atoms with Crippen molar-refractivity contribution in [2.24, 2.45) is 0 Å². The van der Waals surface area contributed by atoms with E-state index in [0.717, 1.165) is 17.3 Å². The number of nitrogens with zero attached hydrogens (tertiary/aromatic N) is 1. The van der Waals surface area contributed by atoms with E-state index in [0.29, 0.717) is 5.56 Å². The topological polar surface area (TPSA) is 23.5 Å². The van der Waals surface area contributed by atoms with Crippen LogP contribution in [0, 0.1) is 11.6 Å². The zero-order chi connectivity index (χ0) is 14.7. The van der Waals surface area contributed by atoms with Crippen LogP contribution in [0.3, 0.4) is 0 Å². The lowest BCUT2D eigenvalue weighted by atomic mass is 10.0. The van der Waals surface area contributed by atoms with Gasteiger partial charge in [0.25, 0.3) is 0 Å². The summed E-state index contributed by atoms with van der Waals surface area (Å²) in [5, 5.41) is 10.1. The Balaban J connectivity index is 2.13. The lowest BCUT2D eigenvalue weighted by Crippen LogP contribution is -2.09. The molecule has 1 atom stereocenters. The van der Waals surface area contributed by atoms with E-state index in [1.54, 1.807) is 0 Å². The van der Waals surface area contributed by atoms with Gasteiger partial charge >= 0.3 is 0 Å². The maximum absolute atomic E-state index is 13.1. The van der Waals surface area contributed by atoms with Crippen LogP contribution in [0.25, 0.3) is 0 Å². The Morgan fingerprint density at radius 3 is 2.05 bits per heavy atom. The minimum atomic E-state index is -0.785. The molecule has 0 bridgehead atoms. The molecule has 2 nitrogen and oxygen atoms in total. The first-order valence-corrected chi connectivity index (χ1v) is 6.36. The number of anilines is 1. The number of hydrogen-bond acceptors (Lipinski definition) is 2. The summed E-state index contributed by atoms with van der Waals surface area (Å²) in [6, 6.07) is 10.7. The van der Waals surface area contributed by atoms with Gasteiger partial charge in [-0.25, -0.2) is 8.78 Å². The molecule has 0 radical (unpaired) electrons. The van der Waals surface area contributed by atoms with Crippen LogP contribution in [0.2, 0.25) is 0 Å². The number of rotatable bonds is 4. The minimum absolute atomic E-state index is 0.177. The van der Waals surface area contributed by atoms with E-state index in [-0.39, 0.29) is 6.42 Å². The van der Waals surface area contributed by atoms with Gasteiger partial charge in [-0.2, -0.15) is 0 Å². The fourth-order valence-electron chi connectivity index (χ4n) is 2.06. The van der Waals surface area contributed by atoms with Crippen molar-refractivity contribution in [2.75, 3.05) is 19.0 Å². The third kappa shape index (κ3) is 3.54. The number of hydrogen-bond donors (Lipinski definition) is 1. The van der Waals surface area contributed by atoms with Gasteiger partial charge in [0.1, 0.15) is 11.6 Å². The summed E-state index contributed by atoms with van der Waals surface area (Å²) < 4.78 is 26.2. The van der Waals surface area contributed by atoms with E-state index in [2.05, 4.69) is 0 Å². The molecule has 0 heterocycles. The molecule has 0 aliphatic carbocycles. The molecule has 0 saturated carbocycles. The van der Waals surface area contributed by atoms with Crippen molar-refractivity contribution < 1.29 is 13.9 Å².